The highest BCUT2D eigenvalue weighted by molar-refractivity contribution is 7.89. The maximum atomic E-state index is 11.9. The van der Waals surface area contributed by atoms with Crippen LogP contribution < -0.4 is 10.5 Å². The molecule has 0 radical (unpaired) electrons. The zero-order valence-corrected chi connectivity index (χ0v) is 11.7. The Bertz CT molecular complexity index is 495. The summed E-state index contributed by atoms with van der Waals surface area (Å²) in [4.78, 5) is 7.43. The topological polar surface area (TPSA) is 98.0 Å². The van der Waals surface area contributed by atoms with E-state index in [4.69, 9.17) is 5.73 Å². The van der Waals surface area contributed by atoms with E-state index in [-0.39, 0.29) is 10.8 Å². The van der Waals surface area contributed by atoms with E-state index in [2.05, 4.69) is 14.7 Å². The Morgan fingerprint density at radius 3 is 2.53 bits per heavy atom. The van der Waals surface area contributed by atoms with Gasteiger partial charge in [0.25, 0.3) is 0 Å². The Balaban J connectivity index is 1.79. The molecule has 0 spiro atoms. The molecule has 3 N–H and O–H groups in total. The molecule has 1 aliphatic carbocycles. The molecular formula is C12H20N4O2S. The summed E-state index contributed by atoms with van der Waals surface area (Å²) < 4.78 is 26.4. The highest BCUT2D eigenvalue weighted by atomic mass is 32.2. The minimum Gasteiger partial charge on any atom is -0.368 e. The number of sulfonamides is 1. The minimum atomic E-state index is -3.50. The van der Waals surface area contributed by atoms with E-state index in [0.717, 1.165) is 18.8 Å². The maximum absolute atomic E-state index is 11.9. The maximum Gasteiger partial charge on any atom is 0.243 e. The molecule has 1 aliphatic rings. The van der Waals surface area contributed by atoms with Gasteiger partial charge in [-0.3, -0.25) is 0 Å². The van der Waals surface area contributed by atoms with Crippen LogP contribution in [0.5, 0.6) is 0 Å². The summed E-state index contributed by atoms with van der Waals surface area (Å²) >= 11 is 0. The largest absolute Gasteiger partial charge is 0.368 e. The van der Waals surface area contributed by atoms with Gasteiger partial charge in [0.2, 0.25) is 16.0 Å². The number of nitrogens with two attached hydrogens (primary N) is 1. The molecule has 0 aromatic carbocycles. The first-order valence-electron chi connectivity index (χ1n) is 6.65. The van der Waals surface area contributed by atoms with Crippen LogP contribution in [0.3, 0.4) is 0 Å². The quantitative estimate of drug-likeness (QED) is 0.767. The van der Waals surface area contributed by atoms with Crippen LogP contribution >= 0.6 is 0 Å². The lowest BCUT2D eigenvalue weighted by Crippen LogP contribution is -2.25. The smallest absolute Gasteiger partial charge is 0.243 e. The van der Waals surface area contributed by atoms with Crippen LogP contribution in [-0.4, -0.2) is 24.9 Å². The fraction of sp³-hybridized carbons (Fsp3) is 0.667. The summed E-state index contributed by atoms with van der Waals surface area (Å²) in [5, 5.41) is 0. The van der Waals surface area contributed by atoms with Crippen molar-refractivity contribution in [3.63, 3.8) is 0 Å². The summed E-state index contributed by atoms with van der Waals surface area (Å²) in [6, 6.07) is 0. The lowest BCUT2D eigenvalue weighted by atomic mass is 10.0. The Kier molecular flexibility index (Phi) is 4.71. The zero-order chi connectivity index (χ0) is 13.7. The van der Waals surface area contributed by atoms with E-state index in [0.29, 0.717) is 6.54 Å². The second-order valence-electron chi connectivity index (χ2n) is 4.97. The van der Waals surface area contributed by atoms with Gasteiger partial charge in [-0.15, -0.1) is 0 Å². The lowest BCUT2D eigenvalue weighted by Gasteiger charge is -2.09. The number of aromatic nitrogens is 2. The summed E-state index contributed by atoms with van der Waals surface area (Å²) in [5.74, 6) is 0.851. The van der Waals surface area contributed by atoms with Gasteiger partial charge < -0.3 is 5.73 Å². The number of nitrogens with zero attached hydrogens (tertiary/aromatic N) is 2. The van der Waals surface area contributed by atoms with Crippen LogP contribution in [0, 0.1) is 5.92 Å². The standard InChI is InChI=1S/C12H20N4O2S/c13-12-14-8-11(9-15-12)19(17,18)16-7-3-6-10-4-1-2-5-10/h8-10,16H,1-7H2,(H2,13,14,15). The van der Waals surface area contributed by atoms with E-state index in [1.54, 1.807) is 0 Å². The van der Waals surface area contributed by atoms with Gasteiger partial charge in [-0.1, -0.05) is 25.7 Å². The Labute approximate surface area is 113 Å². The first-order chi connectivity index (χ1) is 9.08. The predicted molar refractivity (Wildman–Crippen MR) is 72.8 cm³/mol. The first-order valence-corrected chi connectivity index (χ1v) is 8.13. The average molecular weight is 284 g/mol. The molecular weight excluding hydrogens is 264 g/mol. The molecule has 0 amide bonds. The molecule has 0 saturated heterocycles. The number of rotatable bonds is 6. The monoisotopic (exact) mass is 284 g/mol. The van der Waals surface area contributed by atoms with Crippen LogP contribution in [0.1, 0.15) is 38.5 Å². The Morgan fingerprint density at radius 2 is 1.89 bits per heavy atom. The average Bonchev–Trinajstić information content (AvgIpc) is 2.88. The molecule has 6 nitrogen and oxygen atoms in total. The van der Waals surface area contributed by atoms with Crippen molar-refractivity contribution in [3.05, 3.63) is 12.4 Å². The van der Waals surface area contributed by atoms with Gasteiger partial charge in [0.1, 0.15) is 4.90 Å². The summed E-state index contributed by atoms with van der Waals surface area (Å²) in [7, 11) is -3.50. The van der Waals surface area contributed by atoms with E-state index >= 15 is 0 Å². The SMILES string of the molecule is Nc1ncc(S(=O)(=O)NCCCC2CCCC2)cn1. The van der Waals surface area contributed by atoms with Gasteiger partial charge in [0.15, 0.2) is 0 Å². The van der Waals surface area contributed by atoms with Crippen LogP contribution in [0.2, 0.25) is 0 Å². The van der Waals surface area contributed by atoms with Gasteiger partial charge in [-0.2, -0.15) is 0 Å². The number of hydrogen-bond donors (Lipinski definition) is 2. The van der Waals surface area contributed by atoms with Gasteiger partial charge in [0, 0.05) is 6.54 Å². The molecule has 0 aliphatic heterocycles. The fourth-order valence-corrected chi connectivity index (χ4v) is 3.41. The van der Waals surface area contributed by atoms with Crippen molar-refractivity contribution in [1.82, 2.24) is 14.7 Å². The second-order valence-corrected chi connectivity index (χ2v) is 6.73. The Morgan fingerprint density at radius 1 is 1.26 bits per heavy atom. The van der Waals surface area contributed by atoms with Gasteiger partial charge in [-0.25, -0.2) is 23.1 Å². The van der Waals surface area contributed by atoms with E-state index < -0.39 is 10.0 Å². The van der Waals surface area contributed by atoms with Gasteiger partial charge in [0.05, 0.1) is 12.4 Å². The molecule has 1 aromatic rings. The molecule has 1 heterocycles. The molecule has 2 rings (SSSR count). The minimum absolute atomic E-state index is 0.0579. The highest BCUT2D eigenvalue weighted by Gasteiger charge is 2.16. The van der Waals surface area contributed by atoms with Crippen molar-refractivity contribution in [2.45, 2.75) is 43.4 Å². The number of anilines is 1. The number of nitrogens with one attached hydrogen (secondary N) is 1. The Hall–Kier alpha value is -1.21. The summed E-state index contributed by atoms with van der Waals surface area (Å²) in [6.45, 7) is 0.462. The molecule has 19 heavy (non-hydrogen) atoms. The molecule has 7 heteroatoms. The second kappa shape index (κ2) is 6.29. The molecule has 1 saturated carbocycles. The predicted octanol–water partition coefficient (Wildman–Crippen LogP) is 1.31. The van der Waals surface area contributed by atoms with Crippen molar-refractivity contribution < 1.29 is 8.42 Å². The molecule has 0 atom stereocenters. The van der Waals surface area contributed by atoms with Crippen LogP contribution in [-0.2, 0) is 10.0 Å². The van der Waals surface area contributed by atoms with Crippen LogP contribution in [0.15, 0.2) is 17.3 Å². The van der Waals surface area contributed by atoms with Crippen molar-refractivity contribution in [2.75, 3.05) is 12.3 Å². The van der Waals surface area contributed by atoms with Crippen LogP contribution in [0.4, 0.5) is 5.95 Å². The van der Waals surface area contributed by atoms with Crippen LogP contribution in [0.25, 0.3) is 0 Å². The number of nitrogen functional groups attached to an aromatic ring is 1. The molecule has 106 valence electrons. The third-order valence-electron chi connectivity index (χ3n) is 3.51. The van der Waals surface area contributed by atoms with Crippen molar-refractivity contribution >= 4 is 16.0 Å². The van der Waals surface area contributed by atoms with E-state index in [1.807, 2.05) is 0 Å². The van der Waals surface area contributed by atoms with Gasteiger partial charge >= 0.3 is 0 Å². The number of hydrogen-bond acceptors (Lipinski definition) is 5. The van der Waals surface area contributed by atoms with E-state index in [1.165, 1.54) is 38.1 Å². The zero-order valence-electron chi connectivity index (χ0n) is 10.9. The lowest BCUT2D eigenvalue weighted by molar-refractivity contribution is 0.480. The van der Waals surface area contributed by atoms with Gasteiger partial charge in [-0.05, 0) is 18.8 Å². The molecule has 0 bridgehead atoms. The molecule has 1 fully saturated rings. The molecule has 0 unspecified atom stereocenters. The molecule has 1 aromatic heterocycles. The first kappa shape index (κ1) is 14.2. The summed E-state index contributed by atoms with van der Waals surface area (Å²) in [6.07, 6.45) is 9.64. The third kappa shape index (κ3) is 4.14. The van der Waals surface area contributed by atoms with Crippen molar-refractivity contribution in [3.8, 4) is 0 Å². The van der Waals surface area contributed by atoms with Crippen molar-refractivity contribution in [2.24, 2.45) is 5.92 Å². The fourth-order valence-electron chi connectivity index (χ4n) is 2.44. The van der Waals surface area contributed by atoms with E-state index in [9.17, 15) is 8.42 Å². The normalized spacial score (nSPS) is 16.8. The third-order valence-corrected chi connectivity index (χ3v) is 4.93. The van der Waals surface area contributed by atoms with Crippen molar-refractivity contribution in [1.29, 1.82) is 0 Å². The summed E-state index contributed by atoms with van der Waals surface area (Å²) in [5.41, 5.74) is 5.32. The highest BCUT2D eigenvalue weighted by Crippen LogP contribution is 2.28.